The third kappa shape index (κ3) is 4.50. The highest BCUT2D eigenvalue weighted by Crippen LogP contribution is 2.25. The average molecular weight is 363 g/mol. The summed E-state index contributed by atoms with van der Waals surface area (Å²) in [5.74, 6) is -0.961. The highest BCUT2D eigenvalue weighted by molar-refractivity contribution is 5.97. The lowest BCUT2D eigenvalue weighted by molar-refractivity contribution is -0.384. The van der Waals surface area contributed by atoms with Crippen LogP contribution in [-0.4, -0.2) is 55.0 Å². The summed E-state index contributed by atoms with van der Waals surface area (Å²) >= 11 is 0. The van der Waals surface area contributed by atoms with Crippen molar-refractivity contribution < 1.29 is 19.2 Å². The molecule has 142 valence electrons. The first-order valence-electron chi connectivity index (χ1n) is 8.77. The van der Waals surface area contributed by atoms with Crippen LogP contribution in [0, 0.1) is 10.1 Å². The molecule has 1 saturated heterocycles. The number of nitrogens with zero attached hydrogens (tertiary/aromatic N) is 3. The van der Waals surface area contributed by atoms with E-state index in [-0.39, 0.29) is 29.8 Å². The van der Waals surface area contributed by atoms with Crippen LogP contribution in [0.4, 0.5) is 11.4 Å². The summed E-state index contributed by atoms with van der Waals surface area (Å²) in [5, 5.41) is 11.0. The molecule has 0 radical (unpaired) electrons. The lowest BCUT2D eigenvalue weighted by Crippen LogP contribution is -2.45. The Bertz CT molecular complexity index is 689. The van der Waals surface area contributed by atoms with Crippen LogP contribution >= 0.6 is 0 Å². The van der Waals surface area contributed by atoms with E-state index in [1.165, 1.54) is 18.2 Å². The first kappa shape index (κ1) is 19.7. The van der Waals surface area contributed by atoms with Gasteiger partial charge in [0.25, 0.3) is 11.6 Å². The van der Waals surface area contributed by atoms with Gasteiger partial charge in [-0.15, -0.1) is 0 Å². The van der Waals surface area contributed by atoms with E-state index < -0.39 is 10.9 Å². The maximum absolute atomic E-state index is 12.4. The van der Waals surface area contributed by atoms with Gasteiger partial charge in [-0.25, -0.2) is 4.79 Å². The summed E-state index contributed by atoms with van der Waals surface area (Å²) in [5.41, 5.74) is 0.371. The van der Waals surface area contributed by atoms with Crippen molar-refractivity contribution >= 4 is 23.3 Å². The van der Waals surface area contributed by atoms with Crippen LogP contribution in [0.5, 0.6) is 0 Å². The summed E-state index contributed by atoms with van der Waals surface area (Å²) in [6.45, 7) is 2.36. The van der Waals surface area contributed by atoms with Gasteiger partial charge in [-0.3, -0.25) is 14.9 Å². The zero-order valence-corrected chi connectivity index (χ0v) is 15.4. The molecule has 0 aromatic heterocycles. The summed E-state index contributed by atoms with van der Waals surface area (Å²) < 4.78 is 5.18. The van der Waals surface area contributed by atoms with E-state index in [1.54, 1.807) is 23.9 Å². The van der Waals surface area contributed by atoms with Crippen LogP contribution in [0.1, 0.15) is 43.0 Å². The molecule has 1 aliphatic rings. The topological polar surface area (TPSA) is 93.0 Å². The van der Waals surface area contributed by atoms with Crippen LogP contribution in [0.2, 0.25) is 0 Å². The van der Waals surface area contributed by atoms with Crippen molar-refractivity contribution in [2.75, 3.05) is 32.1 Å². The molecular weight excluding hydrogens is 338 g/mol. The molecule has 1 aliphatic heterocycles. The fourth-order valence-corrected chi connectivity index (χ4v) is 3.23. The van der Waals surface area contributed by atoms with Gasteiger partial charge in [0.05, 0.1) is 16.2 Å². The number of non-ortho nitro benzene ring substituents is 1. The summed E-state index contributed by atoms with van der Waals surface area (Å²) in [4.78, 5) is 38.7. The number of esters is 1. The molecule has 0 N–H and O–H groups in total. The quantitative estimate of drug-likeness (QED) is 0.438. The Morgan fingerprint density at radius 3 is 2.69 bits per heavy atom. The number of anilines is 1. The third-order valence-electron chi connectivity index (χ3n) is 4.64. The number of nitro benzene ring substituents is 1. The molecule has 0 unspecified atom stereocenters. The number of carbonyl (C=O) groups is 2. The molecule has 1 aromatic rings. The molecule has 2 rings (SSSR count). The summed E-state index contributed by atoms with van der Waals surface area (Å²) in [6.07, 6.45) is 3.88. The van der Waals surface area contributed by atoms with Gasteiger partial charge in [0.15, 0.2) is 6.61 Å². The number of nitro groups is 1. The van der Waals surface area contributed by atoms with Crippen molar-refractivity contribution in [3.05, 3.63) is 33.9 Å². The van der Waals surface area contributed by atoms with Gasteiger partial charge in [-0.2, -0.15) is 0 Å². The number of hydrogen-bond acceptors (Lipinski definition) is 6. The Morgan fingerprint density at radius 2 is 2.08 bits per heavy atom. The summed E-state index contributed by atoms with van der Waals surface area (Å²) in [7, 11) is 3.45. The van der Waals surface area contributed by atoms with Gasteiger partial charge in [0, 0.05) is 38.8 Å². The fraction of sp³-hybridized carbons (Fsp3) is 0.556. The smallest absolute Gasteiger partial charge is 0.341 e. The number of piperidine rings is 1. The molecule has 8 heteroatoms. The number of amides is 1. The van der Waals surface area contributed by atoms with Gasteiger partial charge < -0.3 is 14.5 Å². The molecule has 1 fully saturated rings. The number of benzene rings is 1. The molecule has 0 spiro atoms. The molecule has 8 nitrogen and oxygen atoms in total. The van der Waals surface area contributed by atoms with E-state index in [4.69, 9.17) is 4.74 Å². The van der Waals surface area contributed by atoms with Crippen molar-refractivity contribution in [2.45, 2.75) is 38.6 Å². The lowest BCUT2D eigenvalue weighted by atomic mass is 10.00. The van der Waals surface area contributed by atoms with E-state index in [0.29, 0.717) is 12.2 Å². The van der Waals surface area contributed by atoms with Crippen LogP contribution in [-0.2, 0) is 9.53 Å². The molecule has 0 aliphatic carbocycles. The first-order valence-corrected chi connectivity index (χ1v) is 8.77. The Labute approximate surface area is 152 Å². The van der Waals surface area contributed by atoms with Gasteiger partial charge in [0.1, 0.15) is 0 Å². The Morgan fingerprint density at radius 1 is 1.35 bits per heavy atom. The lowest BCUT2D eigenvalue weighted by Gasteiger charge is -2.35. The molecular formula is C18H25N3O5. The minimum atomic E-state index is -0.740. The van der Waals surface area contributed by atoms with Gasteiger partial charge in [0.2, 0.25) is 0 Å². The Balaban J connectivity index is 2.10. The van der Waals surface area contributed by atoms with Crippen LogP contribution < -0.4 is 4.90 Å². The first-order chi connectivity index (χ1) is 12.3. The predicted molar refractivity (Wildman–Crippen MR) is 97.3 cm³/mol. The molecule has 1 heterocycles. The highest BCUT2D eigenvalue weighted by atomic mass is 16.6. The van der Waals surface area contributed by atoms with Crippen molar-refractivity contribution in [3.63, 3.8) is 0 Å². The van der Waals surface area contributed by atoms with Crippen LogP contribution in [0.25, 0.3) is 0 Å². The highest BCUT2D eigenvalue weighted by Gasteiger charge is 2.27. The second-order valence-corrected chi connectivity index (χ2v) is 6.57. The minimum absolute atomic E-state index is 0.0719. The van der Waals surface area contributed by atoms with E-state index in [0.717, 1.165) is 25.7 Å². The van der Waals surface area contributed by atoms with E-state index in [2.05, 4.69) is 0 Å². The van der Waals surface area contributed by atoms with E-state index in [1.807, 2.05) is 6.92 Å². The van der Waals surface area contributed by atoms with E-state index >= 15 is 0 Å². The monoisotopic (exact) mass is 363 g/mol. The molecule has 0 saturated carbocycles. The van der Waals surface area contributed by atoms with Crippen molar-refractivity contribution in [1.82, 2.24) is 4.90 Å². The number of likely N-dealkylation sites (tertiary alicyclic amines) is 1. The Kier molecular flexibility index (Phi) is 6.54. The van der Waals surface area contributed by atoms with Crippen LogP contribution in [0.15, 0.2) is 18.2 Å². The largest absolute Gasteiger partial charge is 0.452 e. The van der Waals surface area contributed by atoms with Gasteiger partial charge >= 0.3 is 5.97 Å². The van der Waals surface area contributed by atoms with Crippen molar-refractivity contribution in [1.29, 1.82) is 0 Å². The second-order valence-electron chi connectivity index (χ2n) is 6.57. The summed E-state index contributed by atoms with van der Waals surface area (Å²) in [6, 6.07) is 4.19. The van der Waals surface area contributed by atoms with Gasteiger partial charge in [-0.05, 0) is 31.7 Å². The Hall–Kier alpha value is -2.64. The number of carbonyl (C=O) groups excluding carboxylic acids is 2. The maximum Gasteiger partial charge on any atom is 0.341 e. The SMILES string of the molecule is CC[C@H]1CCCCN1C(=O)COC(=O)c1cc([N+](=O)[O-])ccc1N(C)C. The second kappa shape index (κ2) is 8.64. The van der Waals surface area contributed by atoms with Gasteiger partial charge in [-0.1, -0.05) is 6.92 Å². The van der Waals surface area contributed by atoms with Crippen molar-refractivity contribution in [3.8, 4) is 0 Å². The normalized spacial score (nSPS) is 16.9. The van der Waals surface area contributed by atoms with Crippen LogP contribution in [0.3, 0.4) is 0 Å². The average Bonchev–Trinajstić information content (AvgIpc) is 2.64. The van der Waals surface area contributed by atoms with Crippen molar-refractivity contribution in [2.24, 2.45) is 0 Å². The standard InChI is InChI=1S/C18H25N3O5/c1-4-13-7-5-6-10-20(13)17(22)12-26-18(23)15-11-14(21(24)25)8-9-16(15)19(2)3/h8-9,11,13H,4-7,10,12H2,1-3H3/t13-/m0/s1. The molecule has 26 heavy (non-hydrogen) atoms. The molecule has 1 aromatic carbocycles. The maximum atomic E-state index is 12.4. The number of rotatable bonds is 6. The van der Waals surface area contributed by atoms with E-state index in [9.17, 15) is 19.7 Å². The zero-order valence-electron chi connectivity index (χ0n) is 15.4. The third-order valence-corrected chi connectivity index (χ3v) is 4.64. The fourth-order valence-electron chi connectivity index (χ4n) is 3.23. The minimum Gasteiger partial charge on any atom is -0.452 e. The molecule has 1 amide bonds. The predicted octanol–water partition coefficient (Wildman–Crippen LogP) is 2.61. The molecule has 0 bridgehead atoms. The number of ether oxygens (including phenoxy) is 1. The molecule has 1 atom stereocenters. The zero-order chi connectivity index (χ0) is 19.3. The number of hydrogen-bond donors (Lipinski definition) is 0.